The molecule has 11 heteroatoms. The van der Waals surface area contributed by atoms with Crippen LogP contribution in [0.5, 0.6) is 0 Å². The molecule has 2 amide bonds. The van der Waals surface area contributed by atoms with E-state index in [0.29, 0.717) is 50.1 Å². The fraction of sp³-hybridized carbons (Fsp3) is 0.560. The Bertz CT molecular complexity index is 1140. The van der Waals surface area contributed by atoms with Crippen molar-refractivity contribution in [2.75, 3.05) is 26.3 Å². The van der Waals surface area contributed by atoms with E-state index in [4.69, 9.17) is 22.1 Å². The number of carbonyl (C=O) groups excluding carboxylic acids is 2. The van der Waals surface area contributed by atoms with E-state index in [-0.39, 0.29) is 23.7 Å². The molecule has 2 unspecified atom stereocenters. The van der Waals surface area contributed by atoms with Crippen LogP contribution in [-0.2, 0) is 28.6 Å². The Kier molecular flexibility index (Phi) is 7.89. The summed E-state index contributed by atoms with van der Waals surface area (Å²) in [6, 6.07) is 7.14. The molecule has 2 heterocycles. The normalized spacial score (nSPS) is 18.5. The molecule has 196 valence electrons. The highest BCUT2D eigenvalue weighted by Gasteiger charge is 2.55. The van der Waals surface area contributed by atoms with Gasteiger partial charge < -0.3 is 25.3 Å². The van der Waals surface area contributed by atoms with Gasteiger partial charge in [-0.3, -0.25) is 13.8 Å². The Balaban J connectivity index is 1.38. The molecule has 0 spiro atoms. The highest BCUT2D eigenvalue weighted by Crippen LogP contribution is 2.46. The zero-order chi connectivity index (χ0) is 26.1. The van der Waals surface area contributed by atoms with Gasteiger partial charge in [0.15, 0.2) is 5.82 Å². The average molecular weight is 536 g/mol. The first-order valence-corrected chi connectivity index (χ1v) is 13.7. The van der Waals surface area contributed by atoms with E-state index in [1.807, 2.05) is 32.9 Å². The maximum Gasteiger partial charge on any atom is 0.287 e. The van der Waals surface area contributed by atoms with E-state index >= 15 is 0 Å². The first-order chi connectivity index (χ1) is 17.0. The van der Waals surface area contributed by atoms with Crippen LogP contribution in [0.4, 0.5) is 0 Å². The third-order valence-corrected chi connectivity index (χ3v) is 9.23. The second-order valence-electron chi connectivity index (χ2n) is 10.4. The first-order valence-electron chi connectivity index (χ1n) is 12.2. The number of nitrogens with one attached hydrogen (secondary N) is 1. The Hall–Kier alpha value is -2.27. The lowest BCUT2D eigenvalue weighted by Crippen LogP contribution is -2.50. The minimum Gasteiger partial charge on any atom is -0.378 e. The summed E-state index contributed by atoms with van der Waals surface area (Å²) >= 11 is 5.91. The summed E-state index contributed by atoms with van der Waals surface area (Å²) in [7, 11) is -1.20. The molecule has 2 aromatic rings. The van der Waals surface area contributed by atoms with Crippen LogP contribution in [0.15, 0.2) is 30.5 Å². The quantitative estimate of drug-likeness (QED) is 0.456. The molecular weight excluding hydrogens is 502 g/mol. The van der Waals surface area contributed by atoms with E-state index in [2.05, 4.69) is 10.3 Å². The Labute approximate surface area is 219 Å². The van der Waals surface area contributed by atoms with Gasteiger partial charge in [-0.05, 0) is 51.3 Å². The van der Waals surface area contributed by atoms with Crippen LogP contribution in [0, 0.1) is 0 Å². The van der Waals surface area contributed by atoms with Crippen molar-refractivity contribution in [2.24, 2.45) is 5.73 Å². The summed E-state index contributed by atoms with van der Waals surface area (Å²) < 4.78 is 19.9. The molecule has 1 aromatic carbocycles. The van der Waals surface area contributed by atoms with Crippen molar-refractivity contribution < 1.29 is 18.5 Å². The van der Waals surface area contributed by atoms with Crippen LogP contribution in [-0.4, -0.2) is 72.3 Å². The zero-order valence-corrected chi connectivity index (χ0v) is 22.5. The van der Waals surface area contributed by atoms with Gasteiger partial charge in [0, 0.05) is 48.0 Å². The van der Waals surface area contributed by atoms with Crippen LogP contribution >= 0.6 is 11.6 Å². The van der Waals surface area contributed by atoms with Gasteiger partial charge in [0.25, 0.3) is 11.8 Å². The monoisotopic (exact) mass is 535 g/mol. The van der Waals surface area contributed by atoms with Crippen molar-refractivity contribution >= 4 is 34.2 Å². The van der Waals surface area contributed by atoms with Crippen LogP contribution in [0.1, 0.15) is 60.3 Å². The van der Waals surface area contributed by atoms with Crippen molar-refractivity contribution in [3.05, 3.63) is 52.6 Å². The van der Waals surface area contributed by atoms with Gasteiger partial charge in [-0.1, -0.05) is 23.7 Å². The average Bonchev–Trinajstić information content (AvgIpc) is 3.48. The number of benzene rings is 1. The van der Waals surface area contributed by atoms with Crippen LogP contribution in [0.2, 0.25) is 5.02 Å². The van der Waals surface area contributed by atoms with Crippen molar-refractivity contribution in [1.29, 1.82) is 0 Å². The number of hydrogen-bond donors (Lipinski definition) is 2. The largest absolute Gasteiger partial charge is 0.378 e. The number of imidazole rings is 1. The second-order valence-corrected chi connectivity index (χ2v) is 13.3. The summed E-state index contributed by atoms with van der Waals surface area (Å²) in [6.07, 6.45) is 3.06. The number of rotatable bonds is 11. The molecule has 2 aliphatic rings. The summed E-state index contributed by atoms with van der Waals surface area (Å²) in [5, 5.41) is 3.48. The number of ether oxygens (including phenoxy) is 1. The van der Waals surface area contributed by atoms with Crippen LogP contribution < -0.4 is 11.1 Å². The molecule has 9 nitrogen and oxygen atoms in total. The lowest BCUT2D eigenvalue weighted by molar-refractivity contribution is 0.0697. The van der Waals surface area contributed by atoms with Gasteiger partial charge in [-0.2, -0.15) is 0 Å². The lowest BCUT2D eigenvalue weighted by Gasteiger charge is -2.35. The summed E-state index contributed by atoms with van der Waals surface area (Å²) in [5.41, 5.74) is 7.05. The molecule has 36 heavy (non-hydrogen) atoms. The van der Waals surface area contributed by atoms with E-state index < -0.39 is 20.3 Å². The fourth-order valence-electron chi connectivity index (χ4n) is 4.47. The molecular formula is C25H34ClN5O4S. The van der Waals surface area contributed by atoms with Gasteiger partial charge >= 0.3 is 0 Å². The highest BCUT2D eigenvalue weighted by atomic mass is 35.5. The topological polar surface area (TPSA) is 120 Å². The highest BCUT2D eigenvalue weighted by molar-refractivity contribution is 7.88. The molecule has 1 saturated carbocycles. The predicted molar refractivity (Wildman–Crippen MR) is 139 cm³/mol. The molecule has 0 bridgehead atoms. The number of nitrogens with zero attached hydrogens (tertiary/aromatic N) is 3. The molecule has 1 fully saturated rings. The molecule has 1 aliphatic carbocycles. The van der Waals surface area contributed by atoms with E-state index in [0.717, 1.165) is 18.4 Å². The number of fused-ring (bicyclic) bond motifs is 1. The second kappa shape index (κ2) is 10.6. The number of amides is 2. The van der Waals surface area contributed by atoms with Crippen LogP contribution in [0.25, 0.3) is 0 Å². The van der Waals surface area contributed by atoms with Gasteiger partial charge in [-0.25, -0.2) is 4.98 Å². The number of halogens is 1. The summed E-state index contributed by atoms with van der Waals surface area (Å²) in [4.78, 5) is 32.0. The number of hydrogen-bond acceptors (Lipinski definition) is 6. The van der Waals surface area contributed by atoms with Gasteiger partial charge in [0.05, 0.1) is 28.9 Å². The number of nitrogens with two attached hydrogens (primary N) is 1. The van der Waals surface area contributed by atoms with E-state index in [1.54, 1.807) is 21.6 Å². The standard InChI is InChI=1S/C25H34ClN5O4S/c1-17(27)14-35-16-24(2,3)36(34)25(8-9-25)15-30-10-11-31-20(23(30)33)13-28-21(31)22(32)29-12-18-4-6-19(26)7-5-18/h4-7,13,17H,8-12,14-16,27H2,1-3H3,(H,29,32). The SMILES string of the molecule is CC(N)COCC(C)(C)S(=O)C1(CN2CCn3c(cnc3C(=O)NCc3ccc(Cl)cc3)C2=O)CC1. The van der Waals surface area contributed by atoms with Crippen molar-refractivity contribution in [1.82, 2.24) is 19.8 Å². The molecule has 2 atom stereocenters. The minimum absolute atomic E-state index is 0.0793. The zero-order valence-electron chi connectivity index (χ0n) is 21.0. The van der Waals surface area contributed by atoms with E-state index in [9.17, 15) is 13.8 Å². The molecule has 1 aliphatic heterocycles. The lowest BCUT2D eigenvalue weighted by atomic mass is 10.2. The molecule has 4 rings (SSSR count). The third-order valence-electron chi connectivity index (χ3n) is 6.54. The Morgan fingerprint density at radius 3 is 2.64 bits per heavy atom. The predicted octanol–water partition coefficient (Wildman–Crippen LogP) is 2.35. The smallest absolute Gasteiger partial charge is 0.287 e. The third kappa shape index (κ3) is 5.82. The van der Waals surface area contributed by atoms with E-state index in [1.165, 1.54) is 6.20 Å². The van der Waals surface area contributed by atoms with Gasteiger partial charge in [0.2, 0.25) is 0 Å². The molecule has 0 saturated heterocycles. The van der Waals surface area contributed by atoms with Crippen LogP contribution in [0.3, 0.4) is 0 Å². The summed E-state index contributed by atoms with van der Waals surface area (Å²) in [6.45, 7) is 8.13. The Morgan fingerprint density at radius 1 is 1.31 bits per heavy atom. The molecule has 1 aromatic heterocycles. The van der Waals surface area contributed by atoms with Crippen molar-refractivity contribution in [2.45, 2.75) is 62.2 Å². The first kappa shape index (κ1) is 26.8. The summed E-state index contributed by atoms with van der Waals surface area (Å²) in [5.74, 6) is -0.324. The molecule has 0 radical (unpaired) electrons. The fourth-order valence-corrected chi connectivity index (χ4v) is 6.71. The number of carbonyl (C=O) groups is 2. The molecule has 3 N–H and O–H groups in total. The number of aromatic nitrogens is 2. The Morgan fingerprint density at radius 2 is 2.00 bits per heavy atom. The minimum atomic E-state index is -1.20. The van der Waals surface area contributed by atoms with Crippen molar-refractivity contribution in [3.63, 3.8) is 0 Å². The van der Waals surface area contributed by atoms with Gasteiger partial charge in [0.1, 0.15) is 5.69 Å². The maximum absolute atomic E-state index is 13.5. The maximum atomic E-state index is 13.5. The van der Waals surface area contributed by atoms with Gasteiger partial charge in [-0.15, -0.1) is 0 Å². The van der Waals surface area contributed by atoms with Crippen molar-refractivity contribution in [3.8, 4) is 0 Å².